The van der Waals surface area contributed by atoms with E-state index in [0.717, 1.165) is 34.2 Å². The van der Waals surface area contributed by atoms with Gasteiger partial charge in [0.05, 0.1) is 98.3 Å². The molecule has 0 aliphatic carbocycles. The van der Waals surface area contributed by atoms with E-state index in [0.29, 0.717) is 128 Å². The Morgan fingerprint density at radius 3 is 1.05 bits per heavy atom. The maximum atomic E-state index is 13.0. The number of methoxy groups -OCH3 is 5. The molecule has 14 aromatic rings. The number of urea groups is 5. The van der Waals surface area contributed by atoms with Crippen LogP contribution in [-0.2, 0) is 90.8 Å². The van der Waals surface area contributed by atoms with Gasteiger partial charge in [0.15, 0.2) is 56.5 Å². The van der Waals surface area contributed by atoms with E-state index in [-0.39, 0.29) is 104 Å². The molecule has 9 aromatic heterocycles. The number of nitrogens with one attached hydrogen (secondary N) is 11. The Morgan fingerprint density at radius 2 is 0.707 bits per heavy atom. The summed E-state index contributed by atoms with van der Waals surface area (Å²) in [5.41, 5.74) is 2.83. The van der Waals surface area contributed by atoms with E-state index in [1.54, 1.807) is 171 Å². The quantitative estimate of drug-likeness (QED) is 0.0272. The van der Waals surface area contributed by atoms with E-state index in [4.69, 9.17) is 46.2 Å². The minimum atomic E-state index is -1.61. The predicted molar refractivity (Wildman–Crippen MR) is 510 cm³/mol. The van der Waals surface area contributed by atoms with Gasteiger partial charge in [0.2, 0.25) is 0 Å². The third kappa shape index (κ3) is 18.0. The molecule has 0 radical (unpaired) electrons. The van der Waals surface area contributed by atoms with E-state index in [9.17, 15) is 71.9 Å². The molecule has 11 N–H and O–H groups in total. The molecular weight excluding hydrogens is 1950 g/mol. The molecule has 0 bridgehead atoms. The number of hydrogen-bond donors (Lipinski definition) is 11. The van der Waals surface area contributed by atoms with Crippen LogP contribution < -0.4 is 76.9 Å². The molecule has 150 heavy (non-hydrogen) atoms. The Bertz CT molecular complexity index is 7440. The molecule has 19 heterocycles. The van der Waals surface area contributed by atoms with Gasteiger partial charge in [-0.05, 0) is 143 Å². The topological polar surface area (TPSA) is 628 Å². The molecule has 5 aromatic carbocycles. The molecule has 50 nitrogen and oxygen atoms in total. The van der Waals surface area contributed by atoms with Crippen LogP contribution in [0.25, 0.3) is 39.8 Å². The van der Waals surface area contributed by atoms with Crippen LogP contribution in [0.4, 0.5) is 24.0 Å². The normalized spacial score (nSPS) is 20.3. The van der Waals surface area contributed by atoms with E-state index >= 15 is 0 Å². The maximum Gasteiger partial charge on any atom is 0.322 e. The van der Waals surface area contributed by atoms with Crippen LogP contribution in [0.5, 0.6) is 28.7 Å². The van der Waals surface area contributed by atoms with Crippen molar-refractivity contribution in [2.75, 3.05) is 68.3 Å². The van der Waals surface area contributed by atoms with Gasteiger partial charge in [-0.3, -0.25) is 84.5 Å². The minimum Gasteiger partial charge on any atom is -0.497 e. The van der Waals surface area contributed by atoms with Gasteiger partial charge in [0.25, 0.3) is 59.1 Å². The first-order valence-electron chi connectivity index (χ1n) is 46.2. The SMILES string of the molecule is CCCc1cc([C@]2(CN3Cc4ccc(OC)cc4C3=O)NC(=O)NC2=O)on1.COc1ccc2c(c1)C(=O)N(C[C@@]1(c3cc(-c4ccc[nH]4)no3)NC(=O)NC1=O)C2.COc1ccc2c(c1)C(=O)N(C[C@@]1(c3cc(-c4cccnc4)no3)NC(=O)NC1=O)C2.COc1ccc2c(c1)C(=O)N(C[C@@]1(c3cc(-c4ccco4)no3)NC(=O)NC1=O)C2.COc1ccc2c(c1)C(=O)N(C[C@@]1(c3cnn(-c4cccnc4)n3)NC(=O)NC1=O)C2. The molecule has 50 heteroatoms. The molecule has 762 valence electrons. The van der Waals surface area contributed by atoms with Crippen LogP contribution in [0.15, 0.2) is 230 Å². The lowest BCUT2D eigenvalue weighted by molar-refractivity contribution is -0.126. The highest BCUT2D eigenvalue weighted by Gasteiger charge is 2.59. The molecule has 5 atom stereocenters. The summed E-state index contributed by atoms with van der Waals surface area (Å²) in [6.45, 7) is 2.93. The second-order valence-electron chi connectivity index (χ2n) is 35.7. The molecule has 0 spiro atoms. The third-order valence-electron chi connectivity index (χ3n) is 26.5. The first-order chi connectivity index (χ1) is 72.5. The number of furan rings is 1. The summed E-state index contributed by atoms with van der Waals surface area (Å²) in [6.07, 6.45) is 12.6. The van der Waals surface area contributed by atoms with Crippen molar-refractivity contribution in [2.24, 2.45) is 0 Å². The molecular formula is C100H87N25O25. The smallest absolute Gasteiger partial charge is 0.322 e. The van der Waals surface area contributed by atoms with Crippen molar-refractivity contribution in [3.05, 3.63) is 297 Å². The molecule has 5 saturated heterocycles. The molecule has 10 aliphatic heterocycles. The average Bonchev–Trinajstić information content (AvgIpc) is 1.61. The van der Waals surface area contributed by atoms with Crippen LogP contribution in [-0.4, -0.2) is 233 Å². The first-order valence-corrected chi connectivity index (χ1v) is 46.2. The number of fused-ring (bicyclic) bond motifs is 5. The van der Waals surface area contributed by atoms with E-state index < -0.39 is 87.4 Å². The summed E-state index contributed by atoms with van der Waals surface area (Å²) < 4.78 is 53.0. The van der Waals surface area contributed by atoms with E-state index in [1.165, 1.54) is 83.4 Å². The number of amides is 20. The number of imide groups is 5. The number of carbonyl (C=O) groups excluding carboxylic acids is 15. The van der Waals surface area contributed by atoms with Gasteiger partial charge in [-0.25, -0.2) is 24.0 Å². The number of carbonyl (C=O) groups is 15. The summed E-state index contributed by atoms with van der Waals surface area (Å²) in [7, 11) is 7.63. The van der Waals surface area contributed by atoms with Crippen molar-refractivity contribution in [3.8, 4) is 68.5 Å². The second-order valence-corrected chi connectivity index (χ2v) is 35.7. The number of benzene rings is 5. The molecule has 0 unspecified atom stereocenters. The van der Waals surface area contributed by atoms with Gasteiger partial charge in [-0.15, -0.1) is 4.80 Å². The van der Waals surface area contributed by atoms with Crippen molar-refractivity contribution in [3.63, 3.8) is 0 Å². The summed E-state index contributed by atoms with van der Waals surface area (Å²) in [5, 5.41) is 48.9. The van der Waals surface area contributed by atoms with Crippen LogP contribution in [0.1, 0.15) is 127 Å². The number of aromatic amines is 1. The van der Waals surface area contributed by atoms with Crippen LogP contribution >= 0.6 is 0 Å². The summed E-state index contributed by atoms with van der Waals surface area (Å²) in [6, 6.07) is 43.2. The van der Waals surface area contributed by atoms with Gasteiger partial charge in [-0.2, -0.15) is 10.2 Å². The summed E-state index contributed by atoms with van der Waals surface area (Å²) >= 11 is 0. The summed E-state index contributed by atoms with van der Waals surface area (Å²) in [4.78, 5) is 209. The number of aryl methyl sites for hydroxylation is 1. The fraction of sp³-hybridized carbons (Fsp3) is 0.230. The standard InChI is InChI=1S/C21H17N5O5.C20H17N7O4.C20H17N5O5.C20H16N4O6.C19H20N4O5/c1-30-14-5-4-13-10-26(18(27)15(13)7-14)11-21(19(28)23-20(29)24-21)17-8-16(25-31-17)12-3-2-6-22-9-12;1-31-14-5-4-12-10-26(17(28)15(12)7-14)11-20(18(29)23-19(30)24-20)16-9-22-27(25-16)13-3-2-6-21-8-13;1-29-12-5-4-11-9-25(17(26)13(11)7-12)10-20(18(27)22-19(28)23-20)16-8-15(24-30-16)14-3-2-6-21-14;1-28-12-5-4-11-9-24(17(25)13(11)7-12)10-20(18(26)21-19(27)22-20)16-8-14(23-30-16)15-3-2-6-29-15;1-3-4-12-7-15(28-22-12)19(17(25)20-18(26)21-19)10-23-9-11-5-6-13(27-2)8-14(11)16(23)24/h2-9H,10-11H2,1H3,(H2,23,24,28,29);2-9H,10-11H2,1H3,(H2,23,24,29,30);2-8,21H,9-10H2,1H3,(H2,22,23,27,28);2-8H,9-10H2,1H3,(H2,21,22,26,27);5-8H,3-4,9-10H2,1-2H3,(H2,20,21,25,26)/t21-;3*20-;19-/m00000/s1. The Balaban J connectivity index is 0.000000113. The maximum absolute atomic E-state index is 13.0. The number of pyridine rings is 2. The number of ether oxygens (including phenoxy) is 5. The number of rotatable bonds is 26. The second kappa shape index (κ2) is 39.3. The fourth-order valence-electron chi connectivity index (χ4n) is 18.9. The van der Waals surface area contributed by atoms with Crippen LogP contribution in [0, 0.1) is 0 Å². The number of aromatic nitrogens is 10. The van der Waals surface area contributed by atoms with Crippen LogP contribution in [0.2, 0.25) is 0 Å². The molecule has 24 rings (SSSR count). The lowest BCUT2D eigenvalue weighted by Crippen LogP contribution is -2.53. The minimum absolute atomic E-state index is 0.0683. The van der Waals surface area contributed by atoms with Gasteiger partial charge in [0, 0.05) is 115 Å². The molecule has 20 amide bonds. The number of H-pyrrole nitrogens is 1. The third-order valence-corrected chi connectivity index (χ3v) is 26.5. The molecule has 0 saturated carbocycles. The van der Waals surface area contributed by atoms with Gasteiger partial charge >= 0.3 is 30.2 Å². The predicted octanol–water partition coefficient (Wildman–Crippen LogP) is 6.13. The van der Waals surface area contributed by atoms with Gasteiger partial charge in [0.1, 0.15) is 57.2 Å². The Kier molecular flexibility index (Phi) is 25.5. The van der Waals surface area contributed by atoms with Crippen molar-refractivity contribution in [1.29, 1.82) is 0 Å². The lowest BCUT2D eigenvalue weighted by atomic mass is 9.94. The summed E-state index contributed by atoms with van der Waals surface area (Å²) in [5.74, 6) is -0.497. The monoisotopic (exact) mass is 2040 g/mol. The zero-order valence-corrected chi connectivity index (χ0v) is 80.1. The zero-order valence-electron chi connectivity index (χ0n) is 80.1. The van der Waals surface area contributed by atoms with Crippen LogP contribution in [0.3, 0.4) is 0 Å². The highest BCUT2D eigenvalue weighted by molar-refractivity contribution is 6.13. The first kappa shape index (κ1) is 97.4. The zero-order chi connectivity index (χ0) is 105. The van der Waals surface area contributed by atoms with Crippen molar-refractivity contribution >= 4 is 89.2 Å². The molecule has 10 aliphatic rings. The Labute approximate surface area is 845 Å². The molecule has 5 fully saturated rings. The lowest BCUT2D eigenvalue weighted by Gasteiger charge is -2.28. The van der Waals surface area contributed by atoms with E-state index in [1.807, 2.05) is 25.1 Å². The fourth-order valence-corrected chi connectivity index (χ4v) is 18.9. The highest BCUT2D eigenvalue weighted by atomic mass is 16.5. The van der Waals surface area contributed by atoms with Crippen molar-refractivity contribution < 1.29 is 118 Å². The largest absolute Gasteiger partial charge is 0.497 e. The van der Waals surface area contributed by atoms with Crippen molar-refractivity contribution in [2.45, 2.75) is 80.2 Å². The van der Waals surface area contributed by atoms with Gasteiger partial charge < -0.3 is 102 Å². The van der Waals surface area contributed by atoms with E-state index in [2.05, 4.69) is 98.9 Å². The number of nitrogens with zero attached hydrogens (tertiary/aromatic N) is 14. The highest BCUT2D eigenvalue weighted by Crippen LogP contribution is 2.42. The Morgan fingerprint density at radius 1 is 0.353 bits per heavy atom. The Hall–Kier alpha value is -20.0. The number of hydrogen-bond acceptors (Lipinski definition) is 33. The van der Waals surface area contributed by atoms with Gasteiger partial charge in [-0.1, -0.05) is 64.3 Å². The average molecular weight is 2040 g/mol. The van der Waals surface area contributed by atoms with Crippen molar-refractivity contribution in [1.82, 2.24) is 128 Å².